The molecule has 5 nitrogen and oxygen atoms in total. The zero-order valence-corrected chi connectivity index (χ0v) is 14.9. The number of hydrogen-bond acceptors (Lipinski definition) is 4. The van der Waals surface area contributed by atoms with E-state index in [1.54, 1.807) is 0 Å². The quantitative estimate of drug-likeness (QED) is 0.873. The molecule has 1 saturated heterocycles. The van der Waals surface area contributed by atoms with Gasteiger partial charge in [-0.1, -0.05) is 0 Å². The Morgan fingerprint density at radius 3 is 2.81 bits per heavy atom. The van der Waals surface area contributed by atoms with Crippen molar-refractivity contribution >= 4 is 15.9 Å². The second-order valence-corrected chi connectivity index (χ2v) is 6.72. The van der Waals surface area contributed by atoms with E-state index in [4.69, 9.17) is 4.74 Å². The van der Waals surface area contributed by atoms with Crippen molar-refractivity contribution in [1.82, 2.24) is 14.7 Å². The molecule has 2 atom stereocenters. The Kier molecular flexibility index (Phi) is 5.82. The maximum Gasteiger partial charge on any atom is 0.0964 e. The highest BCUT2D eigenvalue weighted by molar-refractivity contribution is 9.10. The Balaban J connectivity index is 2.06. The second kappa shape index (κ2) is 7.22. The van der Waals surface area contributed by atoms with Gasteiger partial charge in [-0.05, 0) is 43.6 Å². The fraction of sp³-hybridized carbons (Fsp3) is 0.800. The van der Waals surface area contributed by atoms with E-state index in [9.17, 15) is 5.11 Å². The number of morpholine rings is 1. The average molecular weight is 360 g/mol. The highest BCUT2D eigenvalue weighted by Crippen LogP contribution is 2.24. The van der Waals surface area contributed by atoms with Crippen LogP contribution in [0.4, 0.5) is 0 Å². The predicted molar refractivity (Wildman–Crippen MR) is 86.5 cm³/mol. The van der Waals surface area contributed by atoms with Crippen LogP contribution in [-0.2, 0) is 17.7 Å². The number of aliphatic hydroxyl groups is 1. The van der Waals surface area contributed by atoms with Crippen molar-refractivity contribution in [3.8, 4) is 0 Å². The molecule has 0 aliphatic carbocycles. The Labute approximate surface area is 135 Å². The second-order valence-electron chi connectivity index (χ2n) is 5.93. The first-order valence-electron chi connectivity index (χ1n) is 7.69. The number of hydrogen-bond donors (Lipinski definition) is 1. The maximum absolute atomic E-state index is 10.6. The smallest absolute Gasteiger partial charge is 0.0964 e. The van der Waals surface area contributed by atoms with Crippen LogP contribution < -0.4 is 0 Å². The van der Waals surface area contributed by atoms with E-state index >= 15 is 0 Å². The lowest BCUT2D eigenvalue weighted by molar-refractivity contribution is -0.0945. The van der Waals surface area contributed by atoms with Crippen LogP contribution in [0.5, 0.6) is 0 Å². The molecular weight excluding hydrogens is 334 g/mol. The summed E-state index contributed by atoms with van der Waals surface area (Å²) >= 11 is 3.58. The van der Waals surface area contributed by atoms with Crippen molar-refractivity contribution in [2.24, 2.45) is 0 Å². The number of aliphatic hydroxyl groups excluding tert-OH is 1. The summed E-state index contributed by atoms with van der Waals surface area (Å²) in [6.07, 6.45) is -0.0795. The van der Waals surface area contributed by atoms with Gasteiger partial charge in [0.15, 0.2) is 0 Å². The van der Waals surface area contributed by atoms with Gasteiger partial charge in [0.1, 0.15) is 0 Å². The third-order valence-electron chi connectivity index (χ3n) is 4.14. The molecule has 0 spiro atoms. The van der Waals surface area contributed by atoms with Gasteiger partial charge in [0, 0.05) is 32.1 Å². The summed E-state index contributed by atoms with van der Waals surface area (Å²) in [7, 11) is 0. The number of aryl methyl sites for hydroxylation is 2. The van der Waals surface area contributed by atoms with Crippen LogP contribution in [-0.4, -0.2) is 57.7 Å². The molecule has 1 fully saturated rings. The van der Waals surface area contributed by atoms with E-state index in [0.29, 0.717) is 19.1 Å². The summed E-state index contributed by atoms with van der Waals surface area (Å²) in [6.45, 7) is 11.6. The Morgan fingerprint density at radius 1 is 1.48 bits per heavy atom. The number of nitrogens with zero attached hydrogens (tertiary/aromatic N) is 3. The molecular formula is C15H26BrN3O2. The first-order valence-corrected chi connectivity index (χ1v) is 8.48. The summed E-state index contributed by atoms with van der Waals surface area (Å²) < 4.78 is 8.73. The molecule has 6 heteroatoms. The first-order chi connectivity index (χ1) is 9.93. The molecule has 120 valence electrons. The van der Waals surface area contributed by atoms with Crippen LogP contribution in [0.15, 0.2) is 4.47 Å². The van der Waals surface area contributed by atoms with Crippen LogP contribution in [0.1, 0.15) is 32.2 Å². The Morgan fingerprint density at radius 2 is 2.19 bits per heavy atom. The standard InChI is InChI=1S/C15H26BrN3O2/c1-5-19-12(15(16)11(4)17-19)8-13(20)14-9-18(10(2)3)6-7-21-14/h10,13-14,20H,5-9H2,1-4H3. The predicted octanol–water partition coefficient (Wildman–Crippen LogP) is 1.99. The number of ether oxygens (including phenoxy) is 1. The number of halogens is 1. The molecule has 1 N–H and O–H groups in total. The van der Waals surface area contributed by atoms with Gasteiger partial charge < -0.3 is 9.84 Å². The van der Waals surface area contributed by atoms with Crippen molar-refractivity contribution in [1.29, 1.82) is 0 Å². The zero-order valence-electron chi connectivity index (χ0n) is 13.3. The highest BCUT2D eigenvalue weighted by atomic mass is 79.9. The molecule has 0 bridgehead atoms. The molecule has 1 aliphatic heterocycles. The fourth-order valence-corrected chi connectivity index (χ4v) is 3.24. The van der Waals surface area contributed by atoms with Crippen molar-refractivity contribution in [2.75, 3.05) is 19.7 Å². The Bertz CT molecular complexity index is 476. The van der Waals surface area contributed by atoms with Crippen LogP contribution in [0.3, 0.4) is 0 Å². The normalized spacial score (nSPS) is 22.0. The molecule has 0 radical (unpaired) electrons. The summed E-state index contributed by atoms with van der Waals surface area (Å²) in [4.78, 5) is 2.36. The molecule has 2 heterocycles. The van der Waals surface area contributed by atoms with Crippen LogP contribution in [0, 0.1) is 6.92 Å². The molecule has 21 heavy (non-hydrogen) atoms. The summed E-state index contributed by atoms with van der Waals surface area (Å²) in [6, 6.07) is 0.485. The minimum absolute atomic E-state index is 0.131. The summed E-state index contributed by atoms with van der Waals surface area (Å²) in [5.74, 6) is 0. The topological polar surface area (TPSA) is 50.5 Å². The molecule has 2 unspecified atom stereocenters. The van der Waals surface area contributed by atoms with Gasteiger partial charge in [-0.15, -0.1) is 0 Å². The minimum Gasteiger partial charge on any atom is -0.390 e. The molecule has 1 aromatic rings. The van der Waals surface area contributed by atoms with E-state index in [2.05, 4.69) is 46.7 Å². The highest BCUT2D eigenvalue weighted by Gasteiger charge is 2.29. The van der Waals surface area contributed by atoms with Gasteiger partial charge in [-0.3, -0.25) is 9.58 Å². The van der Waals surface area contributed by atoms with E-state index < -0.39 is 6.10 Å². The third-order valence-corrected chi connectivity index (χ3v) is 5.17. The molecule has 2 rings (SSSR count). The molecule has 0 aromatic carbocycles. The minimum atomic E-state index is -0.510. The average Bonchev–Trinajstić information content (AvgIpc) is 2.75. The first kappa shape index (κ1) is 16.9. The Hall–Kier alpha value is -0.430. The lowest BCUT2D eigenvalue weighted by Gasteiger charge is -2.37. The van der Waals surface area contributed by atoms with Gasteiger partial charge in [-0.2, -0.15) is 5.10 Å². The van der Waals surface area contributed by atoms with Crippen LogP contribution in [0.2, 0.25) is 0 Å². The lowest BCUT2D eigenvalue weighted by atomic mass is 10.1. The molecule has 0 amide bonds. The van der Waals surface area contributed by atoms with Crippen molar-refractivity contribution in [3.63, 3.8) is 0 Å². The molecule has 0 saturated carbocycles. The third kappa shape index (κ3) is 3.86. The van der Waals surface area contributed by atoms with Gasteiger partial charge in [-0.25, -0.2) is 0 Å². The monoisotopic (exact) mass is 359 g/mol. The van der Waals surface area contributed by atoms with Crippen LogP contribution >= 0.6 is 15.9 Å². The zero-order chi connectivity index (χ0) is 15.6. The van der Waals surface area contributed by atoms with E-state index in [1.165, 1.54) is 0 Å². The molecule has 1 aromatic heterocycles. The number of aromatic nitrogens is 2. The summed E-state index contributed by atoms with van der Waals surface area (Å²) in [5.41, 5.74) is 2.01. The largest absolute Gasteiger partial charge is 0.390 e. The van der Waals surface area contributed by atoms with Gasteiger partial charge >= 0.3 is 0 Å². The van der Waals surface area contributed by atoms with Gasteiger partial charge in [0.25, 0.3) is 0 Å². The lowest BCUT2D eigenvalue weighted by Crippen LogP contribution is -2.50. The van der Waals surface area contributed by atoms with Gasteiger partial charge in [0.05, 0.1) is 34.7 Å². The van der Waals surface area contributed by atoms with E-state index in [1.807, 2.05) is 11.6 Å². The van der Waals surface area contributed by atoms with E-state index in [0.717, 1.165) is 35.5 Å². The molecule has 1 aliphatic rings. The maximum atomic E-state index is 10.6. The van der Waals surface area contributed by atoms with Crippen molar-refractivity contribution < 1.29 is 9.84 Å². The van der Waals surface area contributed by atoms with Crippen molar-refractivity contribution in [2.45, 2.75) is 58.9 Å². The van der Waals surface area contributed by atoms with Crippen LogP contribution in [0.25, 0.3) is 0 Å². The fourth-order valence-electron chi connectivity index (χ4n) is 2.79. The summed E-state index contributed by atoms with van der Waals surface area (Å²) in [5, 5.41) is 15.0. The number of rotatable bonds is 5. The SMILES string of the molecule is CCn1nc(C)c(Br)c1CC(O)C1CN(C(C)C)CCO1. The van der Waals surface area contributed by atoms with Crippen molar-refractivity contribution in [3.05, 3.63) is 15.9 Å². The van der Waals surface area contributed by atoms with Gasteiger partial charge in [0.2, 0.25) is 0 Å². The van der Waals surface area contributed by atoms with E-state index in [-0.39, 0.29) is 6.10 Å².